The van der Waals surface area contributed by atoms with Crippen LogP contribution >= 0.6 is 0 Å². The number of aliphatic carboxylic acids is 2. The van der Waals surface area contributed by atoms with E-state index in [1.807, 2.05) is 0 Å². The predicted octanol–water partition coefficient (Wildman–Crippen LogP) is -1.43. The highest BCUT2D eigenvalue weighted by molar-refractivity contribution is 5.73. The summed E-state index contributed by atoms with van der Waals surface area (Å²) in [6.45, 7) is 0. The minimum absolute atomic E-state index is 0.262. The maximum absolute atomic E-state index is 10.6. The van der Waals surface area contributed by atoms with Crippen LogP contribution in [-0.4, -0.2) is 26.7 Å². The summed E-state index contributed by atoms with van der Waals surface area (Å²) in [5.41, 5.74) is -1.74. The fourth-order valence-corrected chi connectivity index (χ4v) is 1.05. The molecular formula is C7H7NO6. The molecule has 0 radical (unpaired) electrons. The average molecular weight is 201 g/mol. The van der Waals surface area contributed by atoms with E-state index in [-0.39, 0.29) is 6.42 Å². The fourth-order valence-electron chi connectivity index (χ4n) is 1.05. The number of rotatable bonds is 5. The van der Waals surface area contributed by atoms with Crippen molar-refractivity contribution in [2.45, 2.75) is 18.9 Å². The highest BCUT2D eigenvalue weighted by Gasteiger charge is 2.30. The minimum atomic E-state index is -1.37. The third-order valence-corrected chi connectivity index (χ3v) is 1.80. The first-order valence-electron chi connectivity index (χ1n) is 3.77. The minimum Gasteiger partial charge on any atom is -0.481 e. The van der Waals surface area contributed by atoms with Gasteiger partial charge < -0.3 is 10.2 Å². The Labute approximate surface area is 76.9 Å². The summed E-state index contributed by atoms with van der Waals surface area (Å²) in [7, 11) is 0. The summed E-state index contributed by atoms with van der Waals surface area (Å²) in [6, 6.07) is -1.34. The average Bonchev–Trinajstić information content (AvgIpc) is 2.61. The summed E-state index contributed by atoms with van der Waals surface area (Å²) in [5, 5.41) is 16.9. The molecule has 0 aliphatic heterocycles. The molecule has 0 saturated heterocycles. The van der Waals surface area contributed by atoms with Crippen LogP contribution in [0.3, 0.4) is 0 Å². The highest BCUT2D eigenvalue weighted by Crippen LogP contribution is 2.10. The van der Waals surface area contributed by atoms with E-state index in [9.17, 15) is 19.2 Å². The van der Waals surface area contributed by atoms with Gasteiger partial charge in [0.1, 0.15) is 6.04 Å². The number of hydrogen-bond acceptors (Lipinski definition) is 4. The standard InChI is InChI=1S/C7H7NO6/c9-4(10)2-1-3(7(13)14)8-5(11)6(8)12/h3H,1-2H2,(H,9,10)(H,13,14)/t3-/m0/s1. The first-order valence-corrected chi connectivity index (χ1v) is 3.77. The zero-order valence-corrected chi connectivity index (χ0v) is 6.97. The Morgan fingerprint density at radius 1 is 1.21 bits per heavy atom. The number of hydrogen-bond donors (Lipinski definition) is 2. The molecule has 1 atom stereocenters. The van der Waals surface area contributed by atoms with Crippen LogP contribution < -0.4 is 11.1 Å². The quantitative estimate of drug-likeness (QED) is 0.565. The van der Waals surface area contributed by atoms with E-state index in [0.717, 1.165) is 0 Å². The monoisotopic (exact) mass is 201 g/mol. The molecule has 14 heavy (non-hydrogen) atoms. The molecule has 76 valence electrons. The normalized spacial score (nSPS) is 12.9. The maximum atomic E-state index is 10.6. The number of carboxylic acid groups (broad SMARTS) is 2. The summed E-state index contributed by atoms with van der Waals surface area (Å²) in [5.74, 6) is -2.54. The van der Waals surface area contributed by atoms with Gasteiger partial charge in [0.2, 0.25) is 0 Å². The lowest BCUT2D eigenvalue weighted by Crippen LogP contribution is -2.19. The zero-order chi connectivity index (χ0) is 10.9. The van der Waals surface area contributed by atoms with Crippen molar-refractivity contribution in [2.24, 2.45) is 0 Å². The molecule has 0 aliphatic carbocycles. The number of carbonyl (C=O) groups is 2. The first-order chi connectivity index (χ1) is 6.45. The lowest BCUT2D eigenvalue weighted by molar-refractivity contribution is -0.141. The molecule has 0 aromatic carbocycles. The Hall–Kier alpha value is -1.92. The molecule has 1 aromatic rings. The van der Waals surface area contributed by atoms with E-state index in [1.165, 1.54) is 0 Å². The molecule has 0 aliphatic rings. The van der Waals surface area contributed by atoms with Crippen LogP contribution in [0.25, 0.3) is 0 Å². The lowest BCUT2D eigenvalue weighted by atomic mass is 10.1. The van der Waals surface area contributed by atoms with Crippen molar-refractivity contribution in [3.8, 4) is 0 Å². The van der Waals surface area contributed by atoms with E-state index in [2.05, 4.69) is 0 Å². The molecule has 7 nitrogen and oxygen atoms in total. The second-order valence-electron chi connectivity index (χ2n) is 2.77. The molecule has 0 amide bonds. The molecule has 0 saturated carbocycles. The van der Waals surface area contributed by atoms with Crippen molar-refractivity contribution in [3.05, 3.63) is 20.7 Å². The third kappa shape index (κ3) is 1.87. The molecule has 0 fully saturated rings. The molecule has 0 unspecified atom stereocenters. The van der Waals surface area contributed by atoms with Crippen molar-refractivity contribution in [1.82, 2.24) is 4.57 Å². The van der Waals surface area contributed by atoms with Crippen molar-refractivity contribution in [1.29, 1.82) is 0 Å². The predicted molar refractivity (Wildman–Crippen MR) is 42.9 cm³/mol. The van der Waals surface area contributed by atoms with Gasteiger partial charge in [0.15, 0.2) is 0 Å². The molecule has 0 spiro atoms. The second kappa shape index (κ2) is 3.44. The van der Waals surface area contributed by atoms with Crippen LogP contribution in [0, 0.1) is 0 Å². The number of nitrogens with zero attached hydrogens (tertiary/aromatic N) is 1. The Balaban J connectivity index is 2.72. The SMILES string of the molecule is O=C(O)CC[C@@H](C(=O)O)n1c(=O)c1=O. The summed E-state index contributed by atoms with van der Waals surface area (Å²) < 4.78 is 0.547. The molecule has 1 aromatic heterocycles. The van der Waals surface area contributed by atoms with Gasteiger partial charge >= 0.3 is 23.1 Å². The van der Waals surface area contributed by atoms with E-state index in [0.29, 0.717) is 4.57 Å². The summed E-state index contributed by atoms with van der Waals surface area (Å²) in [4.78, 5) is 41.8. The topological polar surface area (TPSA) is 114 Å². The van der Waals surface area contributed by atoms with Crippen LogP contribution in [-0.2, 0) is 9.59 Å². The second-order valence-corrected chi connectivity index (χ2v) is 2.77. The van der Waals surface area contributed by atoms with Crippen molar-refractivity contribution < 1.29 is 19.8 Å². The Morgan fingerprint density at radius 2 is 1.71 bits per heavy atom. The van der Waals surface area contributed by atoms with Gasteiger partial charge in [0.05, 0.1) is 0 Å². The summed E-state index contributed by atoms with van der Waals surface area (Å²) in [6.07, 6.45) is -0.657. The fraction of sp³-hybridized carbons (Fsp3) is 0.429. The summed E-state index contributed by atoms with van der Waals surface area (Å²) >= 11 is 0. The third-order valence-electron chi connectivity index (χ3n) is 1.80. The lowest BCUT2D eigenvalue weighted by Gasteiger charge is -2.05. The van der Waals surface area contributed by atoms with E-state index in [1.54, 1.807) is 0 Å². The van der Waals surface area contributed by atoms with E-state index < -0.39 is 35.5 Å². The van der Waals surface area contributed by atoms with Gasteiger partial charge in [-0.25, -0.2) is 4.79 Å². The molecule has 0 bridgehead atoms. The van der Waals surface area contributed by atoms with Gasteiger partial charge in [-0.3, -0.25) is 19.0 Å². The van der Waals surface area contributed by atoms with Gasteiger partial charge in [-0.05, 0) is 6.42 Å². The van der Waals surface area contributed by atoms with Crippen LogP contribution in [0.2, 0.25) is 0 Å². The number of aromatic nitrogens is 1. The highest BCUT2D eigenvalue weighted by atomic mass is 16.4. The smallest absolute Gasteiger partial charge is 0.326 e. The first kappa shape index (κ1) is 10.2. The van der Waals surface area contributed by atoms with Crippen LogP contribution in [0.1, 0.15) is 18.9 Å². The van der Waals surface area contributed by atoms with E-state index in [4.69, 9.17) is 10.2 Å². The van der Waals surface area contributed by atoms with Gasteiger partial charge in [0.25, 0.3) is 0 Å². The molecule has 1 heterocycles. The molecule has 2 N–H and O–H groups in total. The van der Waals surface area contributed by atoms with Gasteiger partial charge in [-0.15, -0.1) is 0 Å². The Bertz CT molecular complexity index is 412. The van der Waals surface area contributed by atoms with Crippen LogP contribution in [0.15, 0.2) is 9.59 Å². The molecule has 1 rings (SSSR count). The molecular weight excluding hydrogens is 194 g/mol. The molecule has 7 heteroatoms. The van der Waals surface area contributed by atoms with Gasteiger partial charge in [0, 0.05) is 6.42 Å². The van der Waals surface area contributed by atoms with E-state index >= 15 is 0 Å². The van der Waals surface area contributed by atoms with Crippen molar-refractivity contribution in [3.63, 3.8) is 0 Å². The number of carboxylic acids is 2. The van der Waals surface area contributed by atoms with Crippen molar-refractivity contribution in [2.75, 3.05) is 0 Å². The van der Waals surface area contributed by atoms with Crippen LogP contribution in [0.5, 0.6) is 0 Å². The zero-order valence-electron chi connectivity index (χ0n) is 6.97. The van der Waals surface area contributed by atoms with Gasteiger partial charge in [-0.2, -0.15) is 0 Å². The Morgan fingerprint density at radius 3 is 2.00 bits per heavy atom. The van der Waals surface area contributed by atoms with Crippen LogP contribution in [0.4, 0.5) is 0 Å². The maximum Gasteiger partial charge on any atom is 0.326 e. The largest absolute Gasteiger partial charge is 0.481 e. The Kier molecular flexibility index (Phi) is 2.50. The van der Waals surface area contributed by atoms with Gasteiger partial charge in [-0.1, -0.05) is 0 Å². The van der Waals surface area contributed by atoms with Crippen molar-refractivity contribution >= 4 is 11.9 Å².